The van der Waals surface area contributed by atoms with Gasteiger partial charge in [-0.25, -0.2) is 14.8 Å². The number of amides is 1. The molecule has 276 valence electrons. The Labute approximate surface area is 312 Å². The Bertz CT molecular complexity index is 1870. The number of carbonyl (C=O) groups excluding carboxylic acids is 2. The molecule has 1 aliphatic heterocycles. The lowest BCUT2D eigenvalue weighted by atomic mass is 9.90. The van der Waals surface area contributed by atoms with Crippen molar-refractivity contribution in [1.29, 1.82) is 0 Å². The number of carbonyl (C=O) groups is 3. The molecule has 0 radical (unpaired) electrons. The molecule has 0 saturated heterocycles. The third kappa shape index (κ3) is 11.5. The number of aliphatic carboxylic acids is 1. The SMILES string of the molecule is CCCCCCCOc1ccc(-c2cnc(-c3ccc(C[C@H](CC(=O)c4ccc(C(C)C)cc4)C(=O)N[C@@H](CC4=CN=CC4)C(=O)O)cc3)nc2)cc1. The number of aliphatic imine (C=N–C) groups is 1. The largest absolute Gasteiger partial charge is 0.494 e. The van der Waals surface area contributed by atoms with Gasteiger partial charge in [0, 0.05) is 66.7 Å². The highest BCUT2D eigenvalue weighted by Gasteiger charge is 2.29. The van der Waals surface area contributed by atoms with Crippen LogP contribution in [-0.2, 0) is 16.0 Å². The van der Waals surface area contributed by atoms with Crippen LogP contribution in [0.15, 0.2) is 102 Å². The number of hydrogen-bond donors (Lipinski definition) is 2. The zero-order chi connectivity index (χ0) is 37.6. The van der Waals surface area contributed by atoms with Crippen LogP contribution < -0.4 is 10.1 Å². The fraction of sp³-hybridized carbons (Fsp3) is 0.364. The highest BCUT2D eigenvalue weighted by atomic mass is 16.5. The fourth-order valence-corrected chi connectivity index (χ4v) is 6.26. The molecular formula is C44H50N4O5. The van der Waals surface area contributed by atoms with Gasteiger partial charge in [-0.2, -0.15) is 0 Å². The summed E-state index contributed by atoms with van der Waals surface area (Å²) in [7, 11) is 0. The van der Waals surface area contributed by atoms with Crippen LogP contribution in [0.2, 0.25) is 0 Å². The Morgan fingerprint density at radius 3 is 2.11 bits per heavy atom. The topological polar surface area (TPSA) is 131 Å². The minimum Gasteiger partial charge on any atom is -0.494 e. The van der Waals surface area contributed by atoms with Crippen LogP contribution in [0.1, 0.15) is 99.5 Å². The summed E-state index contributed by atoms with van der Waals surface area (Å²) < 4.78 is 5.90. The monoisotopic (exact) mass is 714 g/mol. The van der Waals surface area contributed by atoms with Gasteiger partial charge < -0.3 is 15.2 Å². The molecule has 0 spiro atoms. The van der Waals surface area contributed by atoms with Gasteiger partial charge in [-0.05, 0) is 53.2 Å². The van der Waals surface area contributed by atoms with E-state index < -0.39 is 23.8 Å². The molecule has 0 bridgehead atoms. The molecule has 9 heteroatoms. The van der Waals surface area contributed by atoms with Gasteiger partial charge in [-0.15, -0.1) is 0 Å². The van der Waals surface area contributed by atoms with E-state index >= 15 is 0 Å². The molecule has 53 heavy (non-hydrogen) atoms. The molecule has 1 amide bonds. The normalized spacial score (nSPS) is 13.4. The summed E-state index contributed by atoms with van der Waals surface area (Å²) in [6.07, 6.45) is 13.8. The number of unbranched alkanes of at least 4 members (excludes halogenated alkanes) is 4. The van der Waals surface area contributed by atoms with E-state index in [-0.39, 0.29) is 25.0 Å². The van der Waals surface area contributed by atoms with Crippen molar-refractivity contribution < 1.29 is 24.2 Å². The van der Waals surface area contributed by atoms with Crippen molar-refractivity contribution in [2.24, 2.45) is 10.9 Å². The predicted molar refractivity (Wildman–Crippen MR) is 209 cm³/mol. The zero-order valence-electron chi connectivity index (χ0n) is 31.0. The molecule has 0 aliphatic carbocycles. The van der Waals surface area contributed by atoms with Gasteiger partial charge in [-0.3, -0.25) is 14.6 Å². The third-order valence-electron chi connectivity index (χ3n) is 9.55. The molecule has 1 aromatic heterocycles. The van der Waals surface area contributed by atoms with E-state index in [0.29, 0.717) is 23.7 Å². The molecule has 9 nitrogen and oxygen atoms in total. The number of Topliss-reactive ketones (excluding diaryl/α,β-unsaturated/α-hetero) is 1. The minimum absolute atomic E-state index is 0.0660. The Hall–Kier alpha value is -5.44. The van der Waals surface area contributed by atoms with E-state index in [0.717, 1.165) is 52.2 Å². The second-order valence-electron chi connectivity index (χ2n) is 14.0. The lowest BCUT2D eigenvalue weighted by molar-refractivity contribution is -0.142. The lowest BCUT2D eigenvalue weighted by Gasteiger charge is -2.21. The van der Waals surface area contributed by atoms with E-state index in [2.05, 4.69) is 41.0 Å². The molecule has 3 aromatic carbocycles. The quantitative estimate of drug-likeness (QED) is 0.0690. The molecule has 0 unspecified atom stereocenters. The third-order valence-corrected chi connectivity index (χ3v) is 9.55. The number of rotatable bonds is 20. The first-order valence-corrected chi connectivity index (χ1v) is 18.7. The second-order valence-corrected chi connectivity index (χ2v) is 14.0. The number of hydrogen-bond acceptors (Lipinski definition) is 7. The van der Waals surface area contributed by atoms with Crippen LogP contribution in [0.4, 0.5) is 0 Å². The highest BCUT2D eigenvalue weighted by molar-refractivity contribution is 5.99. The van der Waals surface area contributed by atoms with Crippen molar-refractivity contribution in [3.8, 4) is 28.3 Å². The summed E-state index contributed by atoms with van der Waals surface area (Å²) in [5, 5.41) is 12.6. The number of nitrogens with one attached hydrogen (secondary N) is 1. The number of nitrogens with zero attached hydrogens (tertiary/aromatic N) is 3. The van der Waals surface area contributed by atoms with Crippen molar-refractivity contribution in [3.05, 3.63) is 114 Å². The average molecular weight is 715 g/mol. The maximum Gasteiger partial charge on any atom is 0.326 e. The lowest BCUT2D eigenvalue weighted by Crippen LogP contribution is -2.44. The highest BCUT2D eigenvalue weighted by Crippen LogP contribution is 2.25. The molecule has 1 aliphatic rings. The van der Waals surface area contributed by atoms with Crippen LogP contribution in [-0.4, -0.2) is 51.6 Å². The molecule has 2 N–H and O–H groups in total. The van der Waals surface area contributed by atoms with Gasteiger partial charge in [-0.1, -0.05) is 107 Å². The average Bonchev–Trinajstić information content (AvgIpc) is 3.69. The van der Waals surface area contributed by atoms with Crippen LogP contribution in [0.5, 0.6) is 5.75 Å². The summed E-state index contributed by atoms with van der Waals surface area (Å²) >= 11 is 0. The number of carboxylic acids is 1. The number of benzene rings is 3. The predicted octanol–water partition coefficient (Wildman–Crippen LogP) is 9.03. The summed E-state index contributed by atoms with van der Waals surface area (Å²) in [5.74, 6) is -0.836. The van der Waals surface area contributed by atoms with E-state index in [1.807, 2.05) is 60.7 Å². The number of aromatic nitrogens is 2. The van der Waals surface area contributed by atoms with Gasteiger partial charge >= 0.3 is 5.97 Å². The van der Waals surface area contributed by atoms with Crippen LogP contribution in [0.3, 0.4) is 0 Å². The maximum absolute atomic E-state index is 13.7. The molecule has 0 fully saturated rings. The molecular weight excluding hydrogens is 665 g/mol. The summed E-state index contributed by atoms with van der Waals surface area (Å²) in [5.41, 5.74) is 5.99. The van der Waals surface area contributed by atoms with Crippen molar-refractivity contribution in [3.63, 3.8) is 0 Å². The Morgan fingerprint density at radius 2 is 1.49 bits per heavy atom. The van der Waals surface area contributed by atoms with Crippen molar-refractivity contribution in [1.82, 2.24) is 15.3 Å². The van der Waals surface area contributed by atoms with Gasteiger partial charge in [0.2, 0.25) is 5.91 Å². The van der Waals surface area contributed by atoms with Crippen LogP contribution in [0.25, 0.3) is 22.5 Å². The Balaban J connectivity index is 1.24. The Kier molecular flexibility index (Phi) is 14.2. The van der Waals surface area contributed by atoms with Crippen LogP contribution in [0, 0.1) is 5.92 Å². The molecule has 0 saturated carbocycles. The number of carboxylic acid groups (broad SMARTS) is 1. The maximum atomic E-state index is 13.7. The van der Waals surface area contributed by atoms with Gasteiger partial charge in [0.15, 0.2) is 11.6 Å². The fourth-order valence-electron chi connectivity index (χ4n) is 6.26. The van der Waals surface area contributed by atoms with E-state index in [1.165, 1.54) is 25.7 Å². The first-order valence-electron chi connectivity index (χ1n) is 18.7. The minimum atomic E-state index is -1.13. The first kappa shape index (κ1) is 38.8. The van der Waals surface area contributed by atoms with E-state index in [4.69, 9.17) is 4.74 Å². The standard InChI is InChI=1S/C44H50N4O5/c1-4-5-6-7-8-23-53-39-19-17-34(18-20-39)38-28-46-42(47-29-38)36-11-9-31(10-12-36)24-37(26-41(49)35-15-13-33(14-16-35)30(2)3)43(50)48-40(44(51)52)25-32-21-22-45-27-32/h9-20,22,27-30,37,40H,4-8,21,23-26H2,1-3H3,(H,48,50)(H,51,52)/t37-,40+/m1/s1. The van der Waals surface area contributed by atoms with Gasteiger partial charge in [0.05, 0.1) is 6.61 Å². The van der Waals surface area contributed by atoms with Gasteiger partial charge in [0.25, 0.3) is 0 Å². The summed E-state index contributed by atoms with van der Waals surface area (Å²) in [6, 6.07) is 21.9. The zero-order valence-corrected chi connectivity index (χ0v) is 31.0. The van der Waals surface area contributed by atoms with Gasteiger partial charge in [0.1, 0.15) is 11.8 Å². The van der Waals surface area contributed by atoms with Crippen molar-refractivity contribution in [2.45, 2.75) is 90.5 Å². The Morgan fingerprint density at radius 1 is 0.811 bits per heavy atom. The molecule has 4 aromatic rings. The first-order chi connectivity index (χ1) is 25.7. The summed E-state index contributed by atoms with van der Waals surface area (Å²) in [4.78, 5) is 52.5. The van der Waals surface area contributed by atoms with Crippen LogP contribution >= 0.6 is 0 Å². The number of ketones is 1. The molecule has 2 atom stereocenters. The second kappa shape index (κ2) is 19.4. The molecule has 5 rings (SSSR count). The van der Waals surface area contributed by atoms with E-state index in [1.54, 1.807) is 36.9 Å². The summed E-state index contributed by atoms with van der Waals surface area (Å²) in [6.45, 7) is 7.11. The van der Waals surface area contributed by atoms with Crippen molar-refractivity contribution >= 4 is 23.9 Å². The van der Waals surface area contributed by atoms with E-state index in [9.17, 15) is 19.5 Å². The number of ether oxygens (including phenoxy) is 1. The molecule has 2 heterocycles. The smallest absolute Gasteiger partial charge is 0.326 e. The van der Waals surface area contributed by atoms with Crippen molar-refractivity contribution in [2.75, 3.05) is 6.61 Å².